The van der Waals surface area contributed by atoms with Gasteiger partial charge < -0.3 is 15.1 Å². The molecule has 5 heteroatoms. The van der Waals surface area contributed by atoms with Crippen LogP contribution in [0.4, 0.5) is 0 Å². The molecule has 2 aliphatic heterocycles. The van der Waals surface area contributed by atoms with Crippen LogP contribution in [-0.4, -0.2) is 48.3 Å². The number of hydrogen-bond donors (Lipinski definition) is 1. The molecule has 2 aliphatic rings. The van der Waals surface area contributed by atoms with Crippen LogP contribution in [0.3, 0.4) is 0 Å². The summed E-state index contributed by atoms with van der Waals surface area (Å²) in [7, 11) is 1.81. The largest absolute Gasteiger partial charge is 0.388 e. The second-order valence-electron chi connectivity index (χ2n) is 5.25. The van der Waals surface area contributed by atoms with E-state index in [0.717, 1.165) is 25.9 Å². The quantitative estimate of drug-likeness (QED) is 0.773. The van der Waals surface area contributed by atoms with Crippen molar-refractivity contribution in [2.24, 2.45) is 5.16 Å². The Morgan fingerprint density at radius 1 is 1.47 bits per heavy atom. The Morgan fingerprint density at radius 3 is 2.71 bits per heavy atom. The summed E-state index contributed by atoms with van der Waals surface area (Å²) in [5.74, 6) is -0.00425. The second kappa shape index (κ2) is 4.64. The van der Waals surface area contributed by atoms with Crippen LogP contribution in [0, 0.1) is 0 Å². The van der Waals surface area contributed by atoms with E-state index in [0.29, 0.717) is 12.1 Å². The molecule has 2 rings (SSSR count). The minimum Gasteiger partial charge on any atom is -0.388 e. The molecule has 0 aromatic carbocycles. The number of piperidine rings is 1. The zero-order valence-electron chi connectivity index (χ0n) is 10.8. The van der Waals surface area contributed by atoms with E-state index in [4.69, 9.17) is 4.84 Å². The maximum absolute atomic E-state index is 12.1. The van der Waals surface area contributed by atoms with Gasteiger partial charge in [0.05, 0.1) is 0 Å². The van der Waals surface area contributed by atoms with E-state index < -0.39 is 0 Å². The molecule has 2 heterocycles. The van der Waals surface area contributed by atoms with Crippen molar-refractivity contribution >= 4 is 11.6 Å². The number of amides is 1. The molecule has 1 spiro atoms. The molecular weight excluding hydrogens is 218 g/mol. The zero-order valence-corrected chi connectivity index (χ0v) is 10.8. The third-order valence-corrected chi connectivity index (χ3v) is 3.70. The highest BCUT2D eigenvalue weighted by molar-refractivity contribution is 6.39. The molecule has 0 atom stereocenters. The van der Waals surface area contributed by atoms with Gasteiger partial charge in [0.25, 0.3) is 5.91 Å². The van der Waals surface area contributed by atoms with Crippen LogP contribution in [0.15, 0.2) is 5.16 Å². The van der Waals surface area contributed by atoms with Crippen LogP contribution < -0.4 is 5.32 Å². The van der Waals surface area contributed by atoms with Gasteiger partial charge in [-0.05, 0) is 26.9 Å². The Kier molecular flexibility index (Phi) is 3.38. The smallest absolute Gasteiger partial charge is 0.271 e. The Bertz CT molecular complexity index is 333. The lowest BCUT2D eigenvalue weighted by atomic mass is 9.87. The summed E-state index contributed by atoms with van der Waals surface area (Å²) in [6.45, 7) is 5.87. The Balaban J connectivity index is 1.99. The predicted octanol–water partition coefficient (Wildman–Crippen LogP) is 0.752. The van der Waals surface area contributed by atoms with Crippen LogP contribution in [0.2, 0.25) is 0 Å². The predicted molar refractivity (Wildman–Crippen MR) is 65.9 cm³/mol. The van der Waals surface area contributed by atoms with Gasteiger partial charge in [-0.3, -0.25) is 4.79 Å². The van der Waals surface area contributed by atoms with Gasteiger partial charge in [-0.15, -0.1) is 0 Å². The lowest BCUT2D eigenvalue weighted by Gasteiger charge is -2.31. The maximum Gasteiger partial charge on any atom is 0.271 e. The number of nitrogens with one attached hydrogen (secondary N) is 1. The van der Waals surface area contributed by atoms with Crippen molar-refractivity contribution in [3.05, 3.63) is 0 Å². The fourth-order valence-electron chi connectivity index (χ4n) is 2.22. The number of hydrogen-bond acceptors (Lipinski definition) is 4. The van der Waals surface area contributed by atoms with E-state index in [-0.39, 0.29) is 17.6 Å². The molecule has 0 saturated carbocycles. The average Bonchev–Trinajstić information content (AvgIpc) is 2.72. The van der Waals surface area contributed by atoms with Gasteiger partial charge in [-0.2, -0.15) is 0 Å². The lowest BCUT2D eigenvalue weighted by Crippen LogP contribution is -2.44. The molecule has 1 saturated heterocycles. The highest BCUT2D eigenvalue weighted by Crippen LogP contribution is 2.32. The van der Waals surface area contributed by atoms with E-state index >= 15 is 0 Å². The van der Waals surface area contributed by atoms with Crippen LogP contribution in [0.5, 0.6) is 0 Å². The van der Waals surface area contributed by atoms with Crippen molar-refractivity contribution in [3.63, 3.8) is 0 Å². The van der Waals surface area contributed by atoms with E-state index in [2.05, 4.69) is 10.5 Å². The lowest BCUT2D eigenvalue weighted by molar-refractivity contribution is -0.124. The number of carbonyl (C=O) groups excluding carboxylic acids is 1. The first kappa shape index (κ1) is 12.4. The molecule has 96 valence electrons. The summed E-state index contributed by atoms with van der Waals surface area (Å²) in [6, 6.07) is 0.190. The van der Waals surface area contributed by atoms with Crippen LogP contribution in [-0.2, 0) is 9.63 Å². The fraction of sp³-hybridized carbons (Fsp3) is 0.833. The molecular formula is C12H21N3O2. The van der Waals surface area contributed by atoms with Crippen molar-refractivity contribution < 1.29 is 9.63 Å². The Morgan fingerprint density at radius 2 is 2.12 bits per heavy atom. The summed E-state index contributed by atoms with van der Waals surface area (Å²) < 4.78 is 0. The van der Waals surface area contributed by atoms with E-state index in [1.807, 2.05) is 20.9 Å². The Hall–Kier alpha value is -1.10. The normalized spacial score (nSPS) is 22.5. The van der Waals surface area contributed by atoms with Gasteiger partial charge in [0.15, 0.2) is 0 Å². The topological polar surface area (TPSA) is 53.9 Å². The second-order valence-corrected chi connectivity index (χ2v) is 5.25. The van der Waals surface area contributed by atoms with Gasteiger partial charge in [-0.25, -0.2) is 0 Å². The molecule has 0 aromatic rings. The number of nitrogens with zero attached hydrogens (tertiary/aromatic N) is 2. The van der Waals surface area contributed by atoms with E-state index in [9.17, 15) is 4.79 Å². The molecule has 17 heavy (non-hydrogen) atoms. The maximum atomic E-state index is 12.1. The summed E-state index contributed by atoms with van der Waals surface area (Å²) >= 11 is 0. The van der Waals surface area contributed by atoms with Gasteiger partial charge in [0, 0.05) is 32.4 Å². The molecule has 1 fully saturated rings. The van der Waals surface area contributed by atoms with Crippen molar-refractivity contribution in [2.75, 3.05) is 20.1 Å². The average molecular weight is 239 g/mol. The third kappa shape index (κ3) is 2.44. The molecule has 0 radical (unpaired) electrons. The van der Waals surface area contributed by atoms with E-state index in [1.54, 1.807) is 4.90 Å². The third-order valence-electron chi connectivity index (χ3n) is 3.70. The molecule has 0 aromatic heterocycles. The van der Waals surface area contributed by atoms with Gasteiger partial charge >= 0.3 is 0 Å². The van der Waals surface area contributed by atoms with Crippen molar-refractivity contribution in [3.8, 4) is 0 Å². The number of carbonyl (C=O) groups is 1. The van der Waals surface area contributed by atoms with Crippen molar-refractivity contribution in [1.82, 2.24) is 10.2 Å². The van der Waals surface area contributed by atoms with Crippen LogP contribution >= 0.6 is 0 Å². The molecule has 0 aliphatic carbocycles. The first-order valence-electron chi connectivity index (χ1n) is 6.27. The van der Waals surface area contributed by atoms with Crippen LogP contribution in [0.1, 0.15) is 33.1 Å². The van der Waals surface area contributed by atoms with Crippen LogP contribution in [0.25, 0.3) is 0 Å². The number of rotatable bonds is 2. The summed E-state index contributed by atoms with van der Waals surface area (Å²) in [4.78, 5) is 19.4. The molecule has 5 nitrogen and oxygen atoms in total. The molecule has 1 amide bonds. The molecule has 0 bridgehead atoms. The molecule has 1 N–H and O–H groups in total. The standard InChI is InChI=1S/C12H21N3O2/c1-9(2)15(3)11(16)10-8-12(17-14-10)4-6-13-7-5-12/h9,13H,4-8H2,1-3H3. The first-order chi connectivity index (χ1) is 8.04. The Labute approximate surface area is 102 Å². The number of oxime groups is 1. The van der Waals surface area contributed by atoms with E-state index in [1.165, 1.54) is 0 Å². The minimum absolute atomic E-state index is 0.00425. The zero-order chi connectivity index (χ0) is 12.5. The SMILES string of the molecule is CC(C)N(C)C(=O)C1=NOC2(CCNCC2)C1. The summed E-state index contributed by atoms with van der Waals surface area (Å²) in [6.07, 6.45) is 2.52. The summed E-state index contributed by atoms with van der Waals surface area (Å²) in [5.41, 5.74) is 0.358. The summed E-state index contributed by atoms with van der Waals surface area (Å²) in [5, 5.41) is 7.31. The fourth-order valence-corrected chi connectivity index (χ4v) is 2.22. The minimum atomic E-state index is -0.214. The van der Waals surface area contributed by atoms with Gasteiger partial charge in [0.2, 0.25) is 0 Å². The first-order valence-corrected chi connectivity index (χ1v) is 6.27. The van der Waals surface area contributed by atoms with Crippen molar-refractivity contribution in [1.29, 1.82) is 0 Å². The monoisotopic (exact) mass is 239 g/mol. The molecule has 0 unspecified atom stereocenters. The van der Waals surface area contributed by atoms with Crippen molar-refractivity contribution in [2.45, 2.75) is 44.8 Å². The highest BCUT2D eigenvalue weighted by Gasteiger charge is 2.42. The highest BCUT2D eigenvalue weighted by atomic mass is 16.7. The van der Waals surface area contributed by atoms with Gasteiger partial charge in [-0.1, -0.05) is 5.16 Å². The van der Waals surface area contributed by atoms with Gasteiger partial charge in [0.1, 0.15) is 11.3 Å².